The molecule has 1 aliphatic rings. The molecule has 0 aromatic carbocycles. The molecule has 1 rings (SSSR count). The molecule has 0 spiro atoms. The SMILES string of the molecule is CCCC(=O)O[C@H]1[C@H](O)[C@@H](O)[C@@H](OC(=O)CCC)[C@@H](OC(=O)CCC)[C@@H]1O. The average molecular weight is 390 g/mol. The lowest BCUT2D eigenvalue weighted by Crippen LogP contribution is -2.66. The maximum Gasteiger partial charge on any atom is 0.306 e. The zero-order valence-electron chi connectivity index (χ0n) is 16.0. The summed E-state index contributed by atoms with van der Waals surface area (Å²) < 4.78 is 15.4. The Kier molecular flexibility index (Phi) is 9.68. The van der Waals surface area contributed by atoms with E-state index in [0.717, 1.165) is 0 Å². The summed E-state index contributed by atoms with van der Waals surface area (Å²) in [6, 6.07) is 0. The Morgan fingerprint density at radius 1 is 0.593 bits per heavy atom. The molecular formula is C18H30O9. The quantitative estimate of drug-likeness (QED) is 0.372. The summed E-state index contributed by atoms with van der Waals surface area (Å²) in [7, 11) is 0. The molecule has 1 saturated carbocycles. The van der Waals surface area contributed by atoms with Crippen LogP contribution < -0.4 is 0 Å². The van der Waals surface area contributed by atoms with Crippen molar-refractivity contribution in [1.29, 1.82) is 0 Å². The topological polar surface area (TPSA) is 140 Å². The molecule has 0 amide bonds. The van der Waals surface area contributed by atoms with Gasteiger partial charge in [0.1, 0.15) is 18.3 Å². The van der Waals surface area contributed by atoms with Crippen LogP contribution in [0.3, 0.4) is 0 Å². The van der Waals surface area contributed by atoms with E-state index in [0.29, 0.717) is 19.3 Å². The first-order valence-corrected chi connectivity index (χ1v) is 9.39. The Bertz CT molecular complexity index is 507. The molecule has 0 radical (unpaired) electrons. The second-order valence-corrected chi connectivity index (χ2v) is 6.59. The molecule has 0 aromatic heterocycles. The van der Waals surface area contributed by atoms with Crippen LogP contribution in [0, 0.1) is 0 Å². The molecular weight excluding hydrogens is 360 g/mol. The van der Waals surface area contributed by atoms with Gasteiger partial charge in [-0.05, 0) is 19.3 Å². The van der Waals surface area contributed by atoms with Crippen LogP contribution in [-0.2, 0) is 28.6 Å². The largest absolute Gasteiger partial charge is 0.457 e. The number of aliphatic hydroxyl groups excluding tert-OH is 3. The fourth-order valence-electron chi connectivity index (χ4n) is 2.82. The van der Waals surface area contributed by atoms with Crippen molar-refractivity contribution in [3.8, 4) is 0 Å². The van der Waals surface area contributed by atoms with Gasteiger partial charge in [-0.2, -0.15) is 0 Å². The van der Waals surface area contributed by atoms with E-state index in [4.69, 9.17) is 14.2 Å². The normalized spacial score (nSPS) is 30.4. The van der Waals surface area contributed by atoms with Crippen molar-refractivity contribution < 1.29 is 43.9 Å². The second-order valence-electron chi connectivity index (χ2n) is 6.59. The van der Waals surface area contributed by atoms with Crippen molar-refractivity contribution >= 4 is 17.9 Å². The Balaban J connectivity index is 3.05. The highest BCUT2D eigenvalue weighted by Gasteiger charge is 2.54. The summed E-state index contributed by atoms with van der Waals surface area (Å²) in [6.45, 7) is 5.26. The summed E-state index contributed by atoms with van der Waals surface area (Å²) in [4.78, 5) is 35.5. The fraction of sp³-hybridized carbons (Fsp3) is 0.833. The molecule has 0 bridgehead atoms. The van der Waals surface area contributed by atoms with E-state index in [-0.39, 0.29) is 19.3 Å². The highest BCUT2D eigenvalue weighted by Crippen LogP contribution is 2.29. The summed E-state index contributed by atoms with van der Waals surface area (Å²) in [6.07, 6.45) is -7.89. The summed E-state index contributed by atoms with van der Waals surface area (Å²) >= 11 is 0. The smallest absolute Gasteiger partial charge is 0.306 e. The van der Waals surface area contributed by atoms with Gasteiger partial charge in [-0.1, -0.05) is 20.8 Å². The average Bonchev–Trinajstić information content (AvgIpc) is 2.60. The Morgan fingerprint density at radius 2 is 0.889 bits per heavy atom. The van der Waals surface area contributed by atoms with Crippen molar-refractivity contribution in [2.75, 3.05) is 0 Å². The van der Waals surface area contributed by atoms with Gasteiger partial charge in [0.2, 0.25) is 0 Å². The molecule has 0 aliphatic heterocycles. The van der Waals surface area contributed by atoms with E-state index in [2.05, 4.69) is 0 Å². The second kappa shape index (κ2) is 11.2. The Labute approximate surface area is 158 Å². The maximum atomic E-state index is 11.9. The minimum Gasteiger partial charge on any atom is -0.457 e. The van der Waals surface area contributed by atoms with Crippen LogP contribution in [0.1, 0.15) is 59.3 Å². The first kappa shape index (κ1) is 23.3. The third-order valence-corrected chi connectivity index (χ3v) is 4.19. The number of carbonyl (C=O) groups excluding carboxylic acids is 3. The van der Waals surface area contributed by atoms with Crippen molar-refractivity contribution in [2.24, 2.45) is 0 Å². The van der Waals surface area contributed by atoms with Crippen LogP contribution in [0.4, 0.5) is 0 Å². The number of hydrogen-bond donors (Lipinski definition) is 3. The van der Waals surface area contributed by atoms with Crippen molar-refractivity contribution in [3.63, 3.8) is 0 Å². The molecule has 0 unspecified atom stereocenters. The monoisotopic (exact) mass is 390 g/mol. The van der Waals surface area contributed by atoms with E-state index < -0.39 is 54.5 Å². The molecule has 1 fully saturated rings. The van der Waals surface area contributed by atoms with Crippen molar-refractivity contribution in [1.82, 2.24) is 0 Å². The third-order valence-electron chi connectivity index (χ3n) is 4.19. The van der Waals surface area contributed by atoms with E-state index in [1.54, 1.807) is 20.8 Å². The standard InChI is InChI=1S/C18H30O9/c1-4-7-10(19)25-16-13(22)14(23)17(26-11(20)8-5-2)18(15(16)24)27-12(21)9-6-3/h13-18,22-24H,4-9H2,1-3H3/t13-,14-,15-,16+,17-,18+/m1/s1. The lowest BCUT2D eigenvalue weighted by atomic mass is 9.84. The van der Waals surface area contributed by atoms with Gasteiger partial charge in [-0.15, -0.1) is 0 Å². The predicted molar refractivity (Wildman–Crippen MR) is 92.4 cm³/mol. The van der Waals surface area contributed by atoms with Crippen molar-refractivity contribution in [3.05, 3.63) is 0 Å². The van der Waals surface area contributed by atoms with E-state index in [1.165, 1.54) is 0 Å². The third kappa shape index (κ3) is 6.44. The highest BCUT2D eigenvalue weighted by molar-refractivity contribution is 5.71. The molecule has 9 nitrogen and oxygen atoms in total. The minimum atomic E-state index is -1.71. The van der Waals surface area contributed by atoms with Gasteiger partial charge in [-0.3, -0.25) is 14.4 Å². The summed E-state index contributed by atoms with van der Waals surface area (Å²) in [5.41, 5.74) is 0. The molecule has 1 aliphatic carbocycles. The number of aliphatic hydroxyl groups is 3. The fourth-order valence-corrected chi connectivity index (χ4v) is 2.82. The predicted octanol–water partition coefficient (Wildman–Crippen LogP) is 0.218. The van der Waals surface area contributed by atoms with Crippen LogP contribution in [-0.4, -0.2) is 69.9 Å². The first-order chi connectivity index (χ1) is 12.8. The van der Waals surface area contributed by atoms with Crippen LogP contribution >= 0.6 is 0 Å². The molecule has 0 heterocycles. The molecule has 3 N–H and O–H groups in total. The number of esters is 3. The van der Waals surface area contributed by atoms with Gasteiger partial charge in [0.05, 0.1) is 0 Å². The van der Waals surface area contributed by atoms with Crippen molar-refractivity contribution in [2.45, 2.75) is 95.9 Å². The number of carbonyl (C=O) groups is 3. The van der Waals surface area contributed by atoms with Gasteiger partial charge in [-0.25, -0.2) is 0 Å². The zero-order chi connectivity index (χ0) is 20.6. The van der Waals surface area contributed by atoms with Crippen LogP contribution in [0.15, 0.2) is 0 Å². The highest BCUT2D eigenvalue weighted by atomic mass is 16.6. The lowest BCUT2D eigenvalue weighted by molar-refractivity contribution is -0.247. The van der Waals surface area contributed by atoms with Crippen LogP contribution in [0.25, 0.3) is 0 Å². The molecule has 9 heteroatoms. The van der Waals surface area contributed by atoms with E-state index >= 15 is 0 Å². The minimum absolute atomic E-state index is 0.0534. The van der Waals surface area contributed by atoms with Gasteiger partial charge in [0.25, 0.3) is 0 Å². The molecule has 27 heavy (non-hydrogen) atoms. The summed E-state index contributed by atoms with van der Waals surface area (Å²) in [5.74, 6) is -2.01. The van der Waals surface area contributed by atoms with E-state index in [1.807, 2.05) is 0 Å². The molecule has 6 atom stereocenters. The van der Waals surface area contributed by atoms with Crippen LogP contribution in [0.2, 0.25) is 0 Å². The van der Waals surface area contributed by atoms with E-state index in [9.17, 15) is 29.7 Å². The lowest BCUT2D eigenvalue weighted by Gasteiger charge is -2.44. The van der Waals surface area contributed by atoms with Gasteiger partial charge in [0, 0.05) is 19.3 Å². The molecule has 0 aromatic rings. The number of rotatable bonds is 9. The maximum absolute atomic E-state index is 11.9. The number of hydrogen-bond acceptors (Lipinski definition) is 9. The van der Waals surface area contributed by atoms with Gasteiger partial charge < -0.3 is 29.5 Å². The molecule has 0 saturated heterocycles. The first-order valence-electron chi connectivity index (χ1n) is 9.39. The molecule has 156 valence electrons. The van der Waals surface area contributed by atoms with Gasteiger partial charge in [0.15, 0.2) is 18.3 Å². The van der Waals surface area contributed by atoms with Gasteiger partial charge >= 0.3 is 17.9 Å². The van der Waals surface area contributed by atoms with Crippen LogP contribution in [0.5, 0.6) is 0 Å². The zero-order valence-corrected chi connectivity index (χ0v) is 16.0. The number of ether oxygens (including phenoxy) is 3. The Hall–Kier alpha value is -1.71. The Morgan fingerprint density at radius 3 is 1.26 bits per heavy atom. The summed E-state index contributed by atoms with van der Waals surface area (Å²) in [5, 5.41) is 31.2.